The summed E-state index contributed by atoms with van der Waals surface area (Å²) in [5.41, 5.74) is 1.89. The van der Waals surface area contributed by atoms with Gasteiger partial charge in [0.1, 0.15) is 0 Å². The molecule has 2 saturated heterocycles. The van der Waals surface area contributed by atoms with Crippen LogP contribution in [0.5, 0.6) is 0 Å². The van der Waals surface area contributed by atoms with Gasteiger partial charge in [0.15, 0.2) is 0 Å². The van der Waals surface area contributed by atoms with Gasteiger partial charge in [0, 0.05) is 38.5 Å². The van der Waals surface area contributed by atoms with Crippen molar-refractivity contribution in [2.24, 2.45) is 5.92 Å². The molecular weight excluding hydrogens is 264 g/mol. The molecule has 4 heteroatoms. The number of nitrogens with zero attached hydrogens (tertiary/aromatic N) is 1. The zero-order valence-electron chi connectivity index (χ0n) is 12.5. The predicted molar refractivity (Wildman–Crippen MR) is 83.8 cm³/mol. The Labute approximate surface area is 126 Å². The lowest BCUT2D eigenvalue weighted by atomic mass is 10.1. The van der Waals surface area contributed by atoms with Crippen molar-refractivity contribution in [1.29, 1.82) is 0 Å². The first-order valence-corrected chi connectivity index (χ1v) is 8.04. The van der Waals surface area contributed by atoms with E-state index in [1.807, 2.05) is 18.2 Å². The van der Waals surface area contributed by atoms with Gasteiger partial charge in [0.05, 0.1) is 5.56 Å². The van der Waals surface area contributed by atoms with Crippen molar-refractivity contribution < 1.29 is 9.53 Å². The molecule has 1 atom stereocenters. The molecule has 1 aromatic carbocycles. The van der Waals surface area contributed by atoms with E-state index in [4.69, 9.17) is 4.74 Å². The van der Waals surface area contributed by atoms with Gasteiger partial charge in [-0.3, -0.25) is 4.79 Å². The molecule has 0 aliphatic carbocycles. The topological polar surface area (TPSA) is 41.6 Å². The Morgan fingerprint density at radius 3 is 2.86 bits per heavy atom. The second-order valence-corrected chi connectivity index (χ2v) is 5.99. The van der Waals surface area contributed by atoms with Crippen LogP contribution in [0.1, 0.15) is 36.0 Å². The Bertz CT molecular complexity index is 477. The fourth-order valence-corrected chi connectivity index (χ4v) is 3.20. The van der Waals surface area contributed by atoms with Crippen LogP contribution >= 0.6 is 0 Å². The van der Waals surface area contributed by atoms with E-state index in [1.54, 1.807) is 0 Å². The van der Waals surface area contributed by atoms with Gasteiger partial charge in [-0.2, -0.15) is 0 Å². The minimum Gasteiger partial charge on any atom is -0.381 e. The minimum atomic E-state index is 0.0522. The van der Waals surface area contributed by atoms with Gasteiger partial charge >= 0.3 is 0 Å². The fraction of sp³-hybridized carbons (Fsp3) is 0.588. The lowest BCUT2D eigenvalue weighted by Crippen LogP contribution is -2.29. The Morgan fingerprint density at radius 2 is 2.10 bits per heavy atom. The van der Waals surface area contributed by atoms with E-state index in [9.17, 15) is 4.79 Å². The lowest BCUT2D eigenvalue weighted by molar-refractivity contribution is 0.0951. The summed E-state index contributed by atoms with van der Waals surface area (Å²) >= 11 is 0. The van der Waals surface area contributed by atoms with Gasteiger partial charge in [-0.25, -0.2) is 0 Å². The number of nitrogens with one attached hydrogen (secondary N) is 1. The summed E-state index contributed by atoms with van der Waals surface area (Å²) in [7, 11) is 0. The first-order valence-electron chi connectivity index (χ1n) is 8.04. The molecule has 0 radical (unpaired) electrons. The average molecular weight is 288 g/mol. The first kappa shape index (κ1) is 14.4. The van der Waals surface area contributed by atoms with Crippen molar-refractivity contribution in [3.8, 4) is 0 Å². The molecule has 0 spiro atoms. The Hall–Kier alpha value is -1.55. The molecule has 0 saturated carbocycles. The number of amides is 1. The van der Waals surface area contributed by atoms with Gasteiger partial charge in [-0.1, -0.05) is 12.1 Å². The molecule has 1 aromatic rings. The van der Waals surface area contributed by atoms with Crippen molar-refractivity contribution in [3.63, 3.8) is 0 Å². The molecule has 1 N–H and O–H groups in total. The average Bonchev–Trinajstić information content (AvgIpc) is 3.20. The number of rotatable bonds is 5. The third-order valence-corrected chi connectivity index (χ3v) is 4.46. The largest absolute Gasteiger partial charge is 0.381 e. The molecule has 3 rings (SSSR count). The van der Waals surface area contributed by atoms with Crippen LogP contribution in [0.4, 0.5) is 5.69 Å². The molecule has 0 unspecified atom stereocenters. The summed E-state index contributed by atoms with van der Waals surface area (Å²) in [5.74, 6) is 0.663. The SMILES string of the molecule is O=C(NCC[C@@H]1CCOC1)c1ccccc1N1CCCC1. The zero-order valence-corrected chi connectivity index (χ0v) is 12.5. The second kappa shape index (κ2) is 6.94. The molecule has 114 valence electrons. The second-order valence-electron chi connectivity index (χ2n) is 5.99. The maximum Gasteiger partial charge on any atom is 0.253 e. The van der Waals surface area contributed by atoms with Crippen molar-refractivity contribution in [3.05, 3.63) is 29.8 Å². The highest BCUT2D eigenvalue weighted by Gasteiger charge is 2.19. The van der Waals surface area contributed by atoms with Crippen molar-refractivity contribution in [2.45, 2.75) is 25.7 Å². The number of carbonyl (C=O) groups is 1. The number of para-hydroxylation sites is 1. The standard InChI is InChI=1S/C17H24N2O2/c20-17(18-9-7-14-8-12-21-13-14)15-5-1-2-6-16(15)19-10-3-4-11-19/h1-2,5-6,14H,3-4,7-13H2,(H,18,20)/t14-/m1/s1. The van der Waals surface area contributed by atoms with Crippen LogP contribution in [0, 0.1) is 5.92 Å². The number of ether oxygens (including phenoxy) is 1. The fourth-order valence-electron chi connectivity index (χ4n) is 3.20. The highest BCUT2D eigenvalue weighted by Crippen LogP contribution is 2.24. The predicted octanol–water partition coefficient (Wildman–Crippen LogP) is 2.44. The smallest absolute Gasteiger partial charge is 0.253 e. The third-order valence-electron chi connectivity index (χ3n) is 4.46. The van der Waals surface area contributed by atoms with Crippen LogP contribution in [-0.2, 0) is 4.74 Å². The molecule has 0 bridgehead atoms. The van der Waals surface area contributed by atoms with E-state index >= 15 is 0 Å². The molecule has 0 aromatic heterocycles. The van der Waals surface area contributed by atoms with E-state index < -0.39 is 0 Å². The van der Waals surface area contributed by atoms with E-state index in [2.05, 4.69) is 16.3 Å². The van der Waals surface area contributed by atoms with Gasteiger partial charge in [-0.05, 0) is 43.7 Å². The molecule has 2 fully saturated rings. The first-order chi connectivity index (χ1) is 10.3. The van der Waals surface area contributed by atoms with Crippen molar-refractivity contribution >= 4 is 11.6 Å². The minimum absolute atomic E-state index is 0.0522. The summed E-state index contributed by atoms with van der Waals surface area (Å²) in [6.45, 7) is 4.57. The van der Waals surface area contributed by atoms with Gasteiger partial charge in [-0.15, -0.1) is 0 Å². The summed E-state index contributed by atoms with van der Waals surface area (Å²) in [6.07, 6.45) is 4.58. The molecule has 21 heavy (non-hydrogen) atoms. The summed E-state index contributed by atoms with van der Waals surface area (Å²) in [6, 6.07) is 7.95. The zero-order chi connectivity index (χ0) is 14.5. The Morgan fingerprint density at radius 1 is 1.29 bits per heavy atom. The summed E-state index contributed by atoms with van der Waals surface area (Å²) in [5, 5.41) is 3.07. The van der Waals surface area contributed by atoms with Crippen molar-refractivity contribution in [1.82, 2.24) is 5.32 Å². The van der Waals surface area contributed by atoms with Crippen molar-refractivity contribution in [2.75, 3.05) is 37.7 Å². The van der Waals surface area contributed by atoms with Crippen LogP contribution in [0.25, 0.3) is 0 Å². The number of anilines is 1. The number of hydrogen-bond donors (Lipinski definition) is 1. The molecule has 2 aliphatic rings. The molecule has 2 aliphatic heterocycles. The summed E-state index contributed by atoms with van der Waals surface area (Å²) in [4.78, 5) is 14.7. The Balaban J connectivity index is 1.58. The van der Waals surface area contributed by atoms with Gasteiger partial charge in [0.25, 0.3) is 5.91 Å². The van der Waals surface area contributed by atoms with Crippen LogP contribution in [0.15, 0.2) is 24.3 Å². The van der Waals surface area contributed by atoms with Crippen LogP contribution < -0.4 is 10.2 Å². The molecule has 4 nitrogen and oxygen atoms in total. The van der Waals surface area contributed by atoms with Gasteiger partial charge in [0.2, 0.25) is 0 Å². The van der Waals surface area contributed by atoms with E-state index in [-0.39, 0.29) is 5.91 Å². The van der Waals surface area contributed by atoms with Crippen LogP contribution in [-0.4, -0.2) is 38.8 Å². The number of benzene rings is 1. The van der Waals surface area contributed by atoms with E-state index in [1.165, 1.54) is 12.8 Å². The van der Waals surface area contributed by atoms with E-state index in [0.717, 1.165) is 56.9 Å². The molecule has 1 amide bonds. The maximum atomic E-state index is 12.4. The molecule has 2 heterocycles. The highest BCUT2D eigenvalue weighted by atomic mass is 16.5. The monoisotopic (exact) mass is 288 g/mol. The maximum absolute atomic E-state index is 12.4. The van der Waals surface area contributed by atoms with E-state index in [0.29, 0.717) is 5.92 Å². The summed E-state index contributed by atoms with van der Waals surface area (Å²) < 4.78 is 5.37. The third kappa shape index (κ3) is 3.56. The molecular formula is C17H24N2O2. The van der Waals surface area contributed by atoms with Crippen LogP contribution in [0.2, 0.25) is 0 Å². The lowest BCUT2D eigenvalue weighted by Gasteiger charge is -2.21. The number of carbonyl (C=O) groups excluding carboxylic acids is 1. The van der Waals surface area contributed by atoms with Crippen LogP contribution in [0.3, 0.4) is 0 Å². The quantitative estimate of drug-likeness (QED) is 0.905. The van der Waals surface area contributed by atoms with Gasteiger partial charge < -0.3 is 15.0 Å². The number of hydrogen-bond acceptors (Lipinski definition) is 3. The Kier molecular flexibility index (Phi) is 4.76. The highest BCUT2D eigenvalue weighted by molar-refractivity contribution is 5.99. The normalized spacial score (nSPS) is 21.7.